The highest BCUT2D eigenvalue weighted by molar-refractivity contribution is 7.86. The van der Waals surface area contributed by atoms with Gasteiger partial charge < -0.3 is 19.8 Å². The molecule has 56 heavy (non-hydrogen) atoms. The van der Waals surface area contributed by atoms with E-state index in [1.165, 1.54) is 17.0 Å². The van der Waals surface area contributed by atoms with Gasteiger partial charge in [-0.2, -0.15) is 21.4 Å². The van der Waals surface area contributed by atoms with Gasteiger partial charge in [0.2, 0.25) is 5.69 Å². The number of fused-ring (bicyclic) bond motifs is 2. The van der Waals surface area contributed by atoms with Gasteiger partial charge in [0.1, 0.15) is 6.54 Å². The van der Waals surface area contributed by atoms with Crippen molar-refractivity contribution in [3.05, 3.63) is 96.1 Å². The normalized spacial score (nSPS) is 21.4. The Balaban J connectivity index is 1.85. The van der Waals surface area contributed by atoms with E-state index in [0.717, 1.165) is 54.3 Å². The predicted octanol–water partition coefficient (Wildman–Crippen LogP) is 7.48. The van der Waals surface area contributed by atoms with Gasteiger partial charge >= 0.3 is 13.6 Å². The van der Waals surface area contributed by atoms with Gasteiger partial charge in [-0.3, -0.25) is 18.5 Å². The first-order chi connectivity index (χ1) is 26.1. The van der Waals surface area contributed by atoms with Crippen molar-refractivity contribution in [1.29, 1.82) is 0 Å². The Morgan fingerprint density at radius 2 is 1.66 bits per heavy atom. The second kappa shape index (κ2) is 18.0. The fraction of sp³-hybridized carbons (Fsp3) is 0.475. The molecule has 0 aromatic heterocycles. The van der Waals surface area contributed by atoms with E-state index in [2.05, 4.69) is 29.7 Å². The quantitative estimate of drug-likeness (QED) is 0.0289. The third-order valence-corrected chi connectivity index (χ3v) is 13.6. The lowest BCUT2D eigenvalue weighted by Gasteiger charge is -2.34. The Kier molecular flexibility index (Phi) is 14.6. The highest BCUT2D eigenvalue weighted by Crippen LogP contribution is 2.54. The Hall–Kier alpha value is -3.43. The molecular formula is C40H54N2O11PS2+. The van der Waals surface area contributed by atoms with E-state index >= 15 is 0 Å². The van der Waals surface area contributed by atoms with Crippen molar-refractivity contribution in [3.8, 4) is 0 Å². The summed E-state index contributed by atoms with van der Waals surface area (Å²) >= 11 is 0. The summed E-state index contributed by atoms with van der Waals surface area (Å²) in [5.41, 5.74) is 3.24. The number of carboxylic acid groups (broad SMARTS) is 1. The zero-order chi connectivity index (χ0) is 41.7. The molecule has 3 unspecified atom stereocenters. The standard InChI is InChI=1S/C40H53N2O11PS2/c1-6-8-25-41-33-21-19-29(3)27-31(33)39(4,23-14-10-13-18-38(43)44)35(41)16-11-9-12-17-36-40(5,24-26-54(45,46)47)32-28-30(55(48,49)50)20-22-34(32)42(36)37(15-7-2)56(51,52)53/h1,9,11-12,16-17,19-22,27-28,37H,6-8,10,13-15,18,23-26H2,2-5H3,(H4-,43,44,45,46,47,48,49,50,51,52,53)/p+1. The third kappa shape index (κ3) is 10.4. The summed E-state index contributed by atoms with van der Waals surface area (Å²) in [6.45, 7) is 14.2. The first-order valence-electron chi connectivity index (χ1n) is 18.7. The van der Waals surface area contributed by atoms with Crippen LogP contribution in [0.2, 0.25) is 0 Å². The number of carboxylic acids is 1. The molecule has 5 N–H and O–H groups in total. The molecule has 2 radical (unpaired) electrons. The molecule has 306 valence electrons. The Bertz CT molecular complexity index is 2190. The number of hydrogen-bond donors (Lipinski definition) is 5. The van der Waals surface area contributed by atoms with E-state index in [0.29, 0.717) is 25.8 Å². The van der Waals surface area contributed by atoms with E-state index < -0.39 is 61.1 Å². The van der Waals surface area contributed by atoms with Crippen molar-refractivity contribution < 1.29 is 54.8 Å². The summed E-state index contributed by atoms with van der Waals surface area (Å²) in [7, 11) is -14.1. The van der Waals surface area contributed by atoms with Crippen LogP contribution in [-0.2, 0) is 40.4 Å². The number of benzene rings is 2. The molecule has 0 bridgehead atoms. The van der Waals surface area contributed by atoms with Gasteiger partial charge in [0, 0.05) is 47.3 Å². The zero-order valence-corrected chi connectivity index (χ0v) is 34.9. The minimum Gasteiger partial charge on any atom is -0.481 e. The number of hydrogen-bond acceptors (Lipinski definition) is 7. The van der Waals surface area contributed by atoms with Gasteiger partial charge in [-0.15, -0.1) is 0 Å². The maximum absolute atomic E-state index is 12.9. The molecule has 0 spiro atoms. The molecule has 0 aliphatic carbocycles. The van der Waals surface area contributed by atoms with Crippen LogP contribution in [0.3, 0.4) is 0 Å². The van der Waals surface area contributed by atoms with Crippen LogP contribution in [0.25, 0.3) is 0 Å². The van der Waals surface area contributed by atoms with Gasteiger partial charge in [-0.05, 0) is 95.7 Å². The van der Waals surface area contributed by atoms with Crippen LogP contribution in [0.4, 0.5) is 11.4 Å². The third-order valence-electron chi connectivity index (χ3n) is 10.8. The molecule has 4 rings (SSSR count). The summed E-state index contributed by atoms with van der Waals surface area (Å²) < 4.78 is 85.1. The number of nitrogens with zero attached hydrogens (tertiary/aromatic N) is 2. The summed E-state index contributed by atoms with van der Waals surface area (Å²) in [6.07, 6.45) is 12.5. The second-order valence-electron chi connectivity index (χ2n) is 15.0. The molecule has 0 saturated carbocycles. The summed E-state index contributed by atoms with van der Waals surface area (Å²) in [5, 5.41) is 7.62. The van der Waals surface area contributed by atoms with Gasteiger partial charge in [0.25, 0.3) is 20.2 Å². The molecule has 13 nitrogen and oxygen atoms in total. The number of carbonyl (C=O) groups is 1. The average molecular weight is 834 g/mol. The van der Waals surface area contributed by atoms with Crippen molar-refractivity contribution in [1.82, 2.24) is 0 Å². The van der Waals surface area contributed by atoms with E-state index in [1.54, 1.807) is 32.1 Å². The van der Waals surface area contributed by atoms with Crippen molar-refractivity contribution >= 4 is 50.9 Å². The zero-order valence-electron chi connectivity index (χ0n) is 32.3. The van der Waals surface area contributed by atoms with Gasteiger partial charge in [0.15, 0.2) is 11.1 Å². The predicted molar refractivity (Wildman–Crippen MR) is 217 cm³/mol. The van der Waals surface area contributed by atoms with Gasteiger partial charge in [0.05, 0.1) is 16.5 Å². The number of unbranched alkanes of at least 4 members (excludes halogenated alkanes) is 3. The Morgan fingerprint density at radius 3 is 2.27 bits per heavy atom. The second-order valence-corrected chi connectivity index (χ2v) is 19.8. The summed E-state index contributed by atoms with van der Waals surface area (Å²) in [6, 6.07) is 9.95. The van der Waals surface area contributed by atoms with Crippen LogP contribution in [0.1, 0.15) is 102 Å². The van der Waals surface area contributed by atoms with E-state index in [1.807, 2.05) is 19.1 Å². The number of anilines is 1. The number of allylic oxidation sites excluding steroid dienone is 6. The lowest BCUT2D eigenvalue weighted by atomic mass is 9.75. The smallest absolute Gasteiger partial charge is 0.325 e. The first kappa shape index (κ1) is 45.3. The van der Waals surface area contributed by atoms with Crippen molar-refractivity contribution in [2.24, 2.45) is 0 Å². The molecule has 16 heteroatoms. The molecular weight excluding hydrogens is 780 g/mol. The maximum Gasteiger partial charge on any atom is 0.325 e. The molecule has 2 aliphatic heterocycles. The Labute approximate surface area is 331 Å². The average Bonchev–Trinajstić information content (AvgIpc) is 3.47. The van der Waals surface area contributed by atoms with E-state index in [4.69, 9.17) is 12.0 Å². The number of aryl methyl sites for hydroxylation is 1. The Morgan fingerprint density at radius 1 is 0.946 bits per heavy atom. The highest BCUT2D eigenvalue weighted by Gasteiger charge is 2.50. The van der Waals surface area contributed by atoms with E-state index in [-0.39, 0.29) is 36.2 Å². The molecule has 0 saturated heterocycles. The van der Waals surface area contributed by atoms with Crippen LogP contribution >= 0.6 is 7.60 Å². The number of aliphatic carboxylic acids is 1. The summed E-state index contributed by atoms with van der Waals surface area (Å²) in [4.78, 5) is 31.8. The van der Waals surface area contributed by atoms with Crippen LogP contribution in [-0.4, -0.2) is 75.2 Å². The fourth-order valence-corrected chi connectivity index (χ4v) is 10.2. The van der Waals surface area contributed by atoms with Crippen molar-refractivity contribution in [3.63, 3.8) is 0 Å². The van der Waals surface area contributed by atoms with Crippen molar-refractivity contribution in [2.45, 2.75) is 113 Å². The minimum absolute atomic E-state index is 0.0280. The minimum atomic E-state index is -4.76. The van der Waals surface area contributed by atoms with Crippen LogP contribution in [0, 0.1) is 13.8 Å². The molecule has 2 heterocycles. The van der Waals surface area contributed by atoms with Gasteiger partial charge in [-0.25, -0.2) is 0 Å². The van der Waals surface area contributed by atoms with Crippen LogP contribution in [0.5, 0.6) is 0 Å². The molecule has 2 aromatic rings. The van der Waals surface area contributed by atoms with E-state index in [9.17, 15) is 45.1 Å². The van der Waals surface area contributed by atoms with Gasteiger partial charge in [-0.1, -0.05) is 56.0 Å². The maximum atomic E-state index is 12.9. The molecule has 2 aromatic carbocycles. The highest BCUT2D eigenvalue weighted by atomic mass is 32.2. The molecule has 0 amide bonds. The largest absolute Gasteiger partial charge is 0.481 e. The fourth-order valence-electron chi connectivity index (χ4n) is 7.93. The topological polar surface area (TPSA) is 210 Å². The SMILES string of the molecule is [CH]CCC[N+]1=C(C=CC=CC=C2N(C(CCC)S(=O)(=O)O)c3ccc(S(=O)(=O)O)cc3C2(C)CCP(=O)(O)O)C(C)(CCCCCC(=O)O)c2cc(C)ccc21. The monoisotopic (exact) mass is 833 g/mol. The van der Waals surface area contributed by atoms with Crippen LogP contribution in [0.15, 0.2) is 77.4 Å². The lowest BCUT2D eigenvalue weighted by Crippen LogP contribution is -2.41. The molecule has 0 fully saturated rings. The lowest BCUT2D eigenvalue weighted by molar-refractivity contribution is -0.438. The molecule has 3 atom stereocenters. The summed E-state index contributed by atoms with van der Waals surface area (Å²) in [5.74, 6) is -0.823. The van der Waals surface area contributed by atoms with Crippen molar-refractivity contribution in [2.75, 3.05) is 17.6 Å². The molecule has 2 aliphatic rings. The van der Waals surface area contributed by atoms with Crippen LogP contribution < -0.4 is 4.90 Å². The number of rotatable bonds is 20. The first-order valence-corrected chi connectivity index (χ1v) is 23.5.